The number of hydrogen-bond donors (Lipinski definition) is 2. The molecule has 2 unspecified atom stereocenters. The summed E-state index contributed by atoms with van der Waals surface area (Å²) in [6.45, 7) is 4.76. The lowest BCUT2D eigenvalue weighted by atomic mass is 9.86. The molecule has 0 radical (unpaired) electrons. The molecular formula is C15H23N3O3. The molecule has 1 aliphatic rings. The van der Waals surface area contributed by atoms with Gasteiger partial charge in [0, 0.05) is 25.0 Å². The van der Waals surface area contributed by atoms with Gasteiger partial charge in [0.2, 0.25) is 0 Å². The number of carboxylic acids is 1. The van der Waals surface area contributed by atoms with E-state index in [9.17, 15) is 9.59 Å². The molecule has 1 aromatic rings. The maximum Gasteiger partial charge on any atom is 0.306 e. The molecule has 1 aromatic heterocycles. The molecule has 0 saturated heterocycles. The van der Waals surface area contributed by atoms with Crippen LogP contribution in [-0.4, -0.2) is 26.7 Å². The molecule has 1 aliphatic carbocycles. The Kier molecular flexibility index (Phi) is 4.98. The monoisotopic (exact) mass is 293 g/mol. The Hall–Kier alpha value is -1.85. The molecular weight excluding hydrogens is 270 g/mol. The lowest BCUT2D eigenvalue weighted by molar-refractivity contribution is -0.142. The van der Waals surface area contributed by atoms with Crippen LogP contribution in [0.1, 0.15) is 39.5 Å². The molecule has 6 heteroatoms. The SMILES string of the molecule is CC(C)Cn1ccnc(NC2CCCC(C(=O)O)C2)c1=O. The van der Waals surface area contributed by atoms with Gasteiger partial charge in [-0.3, -0.25) is 9.59 Å². The second kappa shape index (κ2) is 6.74. The van der Waals surface area contributed by atoms with Crippen LogP contribution in [0.15, 0.2) is 17.2 Å². The molecule has 0 aliphatic heterocycles. The standard InChI is InChI=1S/C15H23N3O3/c1-10(2)9-18-7-6-16-13(14(18)19)17-12-5-3-4-11(8-12)15(20)21/h6-7,10-12H,3-5,8-9H2,1-2H3,(H,16,17)(H,20,21). The Labute approximate surface area is 124 Å². The van der Waals surface area contributed by atoms with Gasteiger partial charge >= 0.3 is 5.97 Å². The molecule has 2 rings (SSSR count). The van der Waals surface area contributed by atoms with Crippen molar-refractivity contribution in [3.63, 3.8) is 0 Å². The number of aliphatic carboxylic acids is 1. The van der Waals surface area contributed by atoms with Crippen LogP contribution in [0.25, 0.3) is 0 Å². The average Bonchev–Trinajstić information content (AvgIpc) is 2.43. The predicted octanol–water partition coefficient (Wildman–Crippen LogP) is 1.95. The fourth-order valence-corrected chi connectivity index (χ4v) is 2.82. The summed E-state index contributed by atoms with van der Waals surface area (Å²) in [5, 5.41) is 12.3. The van der Waals surface area contributed by atoms with Gasteiger partial charge in [-0.2, -0.15) is 0 Å². The Morgan fingerprint density at radius 2 is 2.29 bits per heavy atom. The zero-order valence-corrected chi connectivity index (χ0v) is 12.6. The number of hydrogen-bond acceptors (Lipinski definition) is 4. The van der Waals surface area contributed by atoms with Gasteiger partial charge in [-0.25, -0.2) is 4.98 Å². The molecule has 0 aromatic carbocycles. The molecule has 2 N–H and O–H groups in total. The van der Waals surface area contributed by atoms with Crippen molar-refractivity contribution < 1.29 is 9.90 Å². The number of carbonyl (C=O) groups is 1. The van der Waals surface area contributed by atoms with Gasteiger partial charge in [-0.15, -0.1) is 0 Å². The summed E-state index contributed by atoms with van der Waals surface area (Å²) < 4.78 is 1.65. The van der Waals surface area contributed by atoms with E-state index < -0.39 is 5.97 Å². The van der Waals surface area contributed by atoms with Crippen molar-refractivity contribution in [2.45, 2.75) is 52.1 Å². The lowest BCUT2D eigenvalue weighted by Gasteiger charge is -2.27. The highest BCUT2D eigenvalue weighted by molar-refractivity contribution is 5.70. The van der Waals surface area contributed by atoms with E-state index in [2.05, 4.69) is 24.1 Å². The van der Waals surface area contributed by atoms with Gasteiger partial charge in [0.1, 0.15) is 0 Å². The number of rotatable bonds is 5. The molecule has 2 atom stereocenters. The Morgan fingerprint density at radius 3 is 2.95 bits per heavy atom. The minimum absolute atomic E-state index is 0.00921. The first-order chi connectivity index (χ1) is 9.97. The predicted molar refractivity (Wildman–Crippen MR) is 80.3 cm³/mol. The third-order valence-electron chi connectivity index (χ3n) is 3.84. The van der Waals surface area contributed by atoms with Crippen LogP contribution in [-0.2, 0) is 11.3 Å². The number of carboxylic acid groups (broad SMARTS) is 1. The molecule has 0 spiro atoms. The summed E-state index contributed by atoms with van der Waals surface area (Å²) >= 11 is 0. The summed E-state index contributed by atoms with van der Waals surface area (Å²) in [6.07, 6.45) is 6.31. The Bertz CT molecular complexity index is 553. The van der Waals surface area contributed by atoms with Crippen LogP contribution in [0.3, 0.4) is 0 Å². The second-order valence-electron chi connectivity index (χ2n) is 6.17. The summed E-state index contributed by atoms with van der Waals surface area (Å²) in [4.78, 5) is 27.5. The highest BCUT2D eigenvalue weighted by Gasteiger charge is 2.27. The lowest BCUT2D eigenvalue weighted by Crippen LogP contribution is -2.34. The highest BCUT2D eigenvalue weighted by Crippen LogP contribution is 2.25. The third-order valence-corrected chi connectivity index (χ3v) is 3.84. The van der Waals surface area contributed by atoms with Gasteiger partial charge < -0.3 is 15.0 Å². The Balaban J connectivity index is 2.09. The van der Waals surface area contributed by atoms with Crippen molar-refractivity contribution in [1.29, 1.82) is 0 Å². The number of anilines is 1. The van der Waals surface area contributed by atoms with Crippen molar-refractivity contribution in [2.75, 3.05) is 5.32 Å². The summed E-state index contributed by atoms with van der Waals surface area (Å²) in [5.41, 5.74) is -0.136. The maximum atomic E-state index is 12.3. The van der Waals surface area contributed by atoms with Crippen LogP contribution in [0.4, 0.5) is 5.82 Å². The van der Waals surface area contributed by atoms with Crippen molar-refractivity contribution >= 4 is 11.8 Å². The molecule has 0 amide bonds. The highest BCUT2D eigenvalue weighted by atomic mass is 16.4. The van der Waals surface area contributed by atoms with E-state index in [0.717, 1.165) is 12.8 Å². The summed E-state index contributed by atoms with van der Waals surface area (Å²) in [7, 11) is 0. The van der Waals surface area contributed by atoms with Crippen LogP contribution in [0.5, 0.6) is 0 Å². The van der Waals surface area contributed by atoms with Gasteiger partial charge in [0.15, 0.2) is 5.82 Å². The van der Waals surface area contributed by atoms with Crippen LogP contribution in [0.2, 0.25) is 0 Å². The quantitative estimate of drug-likeness (QED) is 0.867. The minimum Gasteiger partial charge on any atom is -0.481 e. The van der Waals surface area contributed by atoms with Crippen LogP contribution in [0, 0.1) is 11.8 Å². The zero-order valence-electron chi connectivity index (χ0n) is 12.6. The van der Waals surface area contributed by atoms with Crippen LogP contribution < -0.4 is 10.9 Å². The second-order valence-corrected chi connectivity index (χ2v) is 6.17. The fourth-order valence-electron chi connectivity index (χ4n) is 2.82. The van der Waals surface area contributed by atoms with Crippen molar-refractivity contribution in [2.24, 2.45) is 11.8 Å². The minimum atomic E-state index is -0.750. The molecule has 6 nitrogen and oxygen atoms in total. The smallest absolute Gasteiger partial charge is 0.306 e. The van der Waals surface area contributed by atoms with E-state index in [1.807, 2.05) is 0 Å². The normalized spacial score (nSPS) is 22.2. The number of nitrogens with zero attached hydrogens (tertiary/aromatic N) is 2. The molecule has 1 saturated carbocycles. The van der Waals surface area contributed by atoms with Crippen molar-refractivity contribution in [3.8, 4) is 0 Å². The van der Waals surface area contributed by atoms with Crippen LogP contribution >= 0.6 is 0 Å². The first kappa shape index (κ1) is 15.5. The first-order valence-corrected chi connectivity index (χ1v) is 7.52. The summed E-state index contributed by atoms with van der Waals surface area (Å²) in [6, 6.07) is 0.00921. The van der Waals surface area contributed by atoms with E-state index in [1.54, 1.807) is 17.0 Å². The molecule has 1 fully saturated rings. The fraction of sp³-hybridized carbons (Fsp3) is 0.667. The largest absolute Gasteiger partial charge is 0.481 e. The topological polar surface area (TPSA) is 84.2 Å². The molecule has 1 heterocycles. The maximum absolute atomic E-state index is 12.3. The van der Waals surface area contributed by atoms with E-state index in [-0.39, 0.29) is 17.5 Å². The van der Waals surface area contributed by atoms with E-state index in [4.69, 9.17) is 5.11 Å². The first-order valence-electron chi connectivity index (χ1n) is 7.52. The third kappa shape index (κ3) is 4.06. The molecule has 0 bridgehead atoms. The van der Waals surface area contributed by atoms with Gasteiger partial charge in [0.05, 0.1) is 5.92 Å². The van der Waals surface area contributed by atoms with E-state index in [1.165, 1.54) is 0 Å². The molecule has 21 heavy (non-hydrogen) atoms. The van der Waals surface area contributed by atoms with Gasteiger partial charge in [-0.05, 0) is 25.2 Å². The van der Waals surface area contributed by atoms with Gasteiger partial charge in [0.25, 0.3) is 5.56 Å². The van der Waals surface area contributed by atoms with E-state index >= 15 is 0 Å². The number of nitrogens with one attached hydrogen (secondary N) is 1. The number of aromatic nitrogens is 2. The summed E-state index contributed by atoms with van der Waals surface area (Å²) in [5.74, 6) is -0.365. The average molecular weight is 293 g/mol. The van der Waals surface area contributed by atoms with Gasteiger partial charge in [-0.1, -0.05) is 20.3 Å². The molecule has 116 valence electrons. The van der Waals surface area contributed by atoms with Crippen molar-refractivity contribution in [1.82, 2.24) is 9.55 Å². The Morgan fingerprint density at radius 1 is 1.52 bits per heavy atom. The zero-order chi connectivity index (χ0) is 15.4. The van der Waals surface area contributed by atoms with Crippen molar-refractivity contribution in [3.05, 3.63) is 22.7 Å². The van der Waals surface area contributed by atoms with E-state index in [0.29, 0.717) is 31.1 Å².